The molecular formula is C10H12ClN3O2. The van der Waals surface area contributed by atoms with Gasteiger partial charge in [-0.05, 0) is 12.1 Å². The molecule has 0 fully saturated rings. The fraction of sp³-hybridized carbons (Fsp3) is 0.200. The van der Waals surface area contributed by atoms with Crippen LogP contribution >= 0.6 is 11.6 Å². The summed E-state index contributed by atoms with van der Waals surface area (Å²) in [6, 6.07) is 4.74. The maximum absolute atomic E-state index is 11.8. The van der Waals surface area contributed by atoms with Crippen molar-refractivity contribution in [1.29, 1.82) is 0 Å². The summed E-state index contributed by atoms with van der Waals surface area (Å²) in [6.07, 6.45) is 0. The maximum Gasteiger partial charge on any atom is 0.256 e. The van der Waals surface area contributed by atoms with E-state index in [4.69, 9.17) is 23.1 Å². The van der Waals surface area contributed by atoms with Crippen LogP contribution in [-0.2, 0) is 4.79 Å². The molecule has 0 aliphatic rings. The molecule has 0 atom stereocenters. The number of carbonyl (C=O) groups is 2. The highest BCUT2D eigenvalue weighted by Crippen LogP contribution is 2.23. The highest BCUT2D eigenvalue weighted by Gasteiger charge is 2.17. The summed E-state index contributed by atoms with van der Waals surface area (Å²) in [5, 5.41) is 0.304. The van der Waals surface area contributed by atoms with Gasteiger partial charge in [0.1, 0.15) is 0 Å². The number of nitrogen functional groups attached to an aromatic ring is 1. The number of nitrogens with zero attached hydrogens (tertiary/aromatic N) is 1. The van der Waals surface area contributed by atoms with Crippen molar-refractivity contribution < 1.29 is 9.59 Å². The molecule has 0 saturated heterocycles. The summed E-state index contributed by atoms with van der Waals surface area (Å²) in [4.78, 5) is 23.7. The highest BCUT2D eigenvalue weighted by atomic mass is 35.5. The van der Waals surface area contributed by atoms with E-state index < -0.39 is 5.91 Å². The molecular weight excluding hydrogens is 230 g/mol. The molecule has 0 bridgehead atoms. The second-order valence-electron chi connectivity index (χ2n) is 3.33. The molecule has 0 spiro atoms. The van der Waals surface area contributed by atoms with Crippen molar-refractivity contribution in [3.63, 3.8) is 0 Å². The number of primary amides is 1. The van der Waals surface area contributed by atoms with Gasteiger partial charge in [-0.2, -0.15) is 0 Å². The number of amides is 2. The summed E-state index contributed by atoms with van der Waals surface area (Å²) in [6.45, 7) is -0.162. The lowest BCUT2D eigenvalue weighted by molar-refractivity contribution is -0.118. The molecule has 0 radical (unpaired) electrons. The number of likely N-dealkylation sites (N-methyl/N-ethyl adjacent to an activating group) is 1. The Hall–Kier alpha value is -1.75. The van der Waals surface area contributed by atoms with Gasteiger partial charge in [-0.25, -0.2) is 0 Å². The van der Waals surface area contributed by atoms with Gasteiger partial charge in [-0.3, -0.25) is 9.59 Å². The number of halogens is 1. The van der Waals surface area contributed by atoms with Crippen LogP contribution in [0.5, 0.6) is 0 Å². The molecule has 0 heterocycles. The SMILES string of the molecule is CN(CC(N)=O)C(=O)c1cccc(Cl)c1N. The Kier molecular flexibility index (Phi) is 3.73. The van der Waals surface area contributed by atoms with E-state index in [1.807, 2.05) is 0 Å². The predicted octanol–water partition coefficient (Wildman–Crippen LogP) is 0.479. The van der Waals surface area contributed by atoms with E-state index in [-0.39, 0.29) is 23.7 Å². The molecule has 1 aromatic rings. The first kappa shape index (κ1) is 12.3. The first-order valence-corrected chi connectivity index (χ1v) is 4.89. The molecule has 0 aliphatic heterocycles. The molecule has 16 heavy (non-hydrogen) atoms. The Morgan fingerprint density at radius 3 is 2.62 bits per heavy atom. The van der Waals surface area contributed by atoms with E-state index >= 15 is 0 Å². The van der Waals surface area contributed by atoms with E-state index in [9.17, 15) is 9.59 Å². The summed E-state index contributed by atoms with van der Waals surface area (Å²) < 4.78 is 0. The smallest absolute Gasteiger partial charge is 0.256 e. The molecule has 86 valence electrons. The van der Waals surface area contributed by atoms with Gasteiger partial charge in [0.15, 0.2) is 0 Å². The number of para-hydroxylation sites is 1. The Labute approximate surface area is 98.0 Å². The van der Waals surface area contributed by atoms with E-state index in [0.717, 1.165) is 0 Å². The number of anilines is 1. The molecule has 2 amide bonds. The Bertz CT molecular complexity index is 434. The molecule has 0 unspecified atom stereocenters. The summed E-state index contributed by atoms with van der Waals surface area (Å²) in [5.41, 5.74) is 11.1. The summed E-state index contributed by atoms with van der Waals surface area (Å²) in [5.74, 6) is -0.977. The van der Waals surface area contributed by atoms with Gasteiger partial charge >= 0.3 is 0 Å². The summed E-state index contributed by atoms with van der Waals surface area (Å²) >= 11 is 5.78. The van der Waals surface area contributed by atoms with E-state index in [1.165, 1.54) is 11.9 Å². The minimum Gasteiger partial charge on any atom is -0.397 e. The largest absolute Gasteiger partial charge is 0.397 e. The minimum atomic E-state index is -0.587. The van der Waals surface area contributed by atoms with Gasteiger partial charge in [0.05, 0.1) is 22.8 Å². The molecule has 1 aromatic carbocycles. The van der Waals surface area contributed by atoms with Crippen LogP contribution in [0.3, 0.4) is 0 Å². The van der Waals surface area contributed by atoms with Crippen molar-refractivity contribution in [1.82, 2.24) is 4.90 Å². The molecule has 0 saturated carbocycles. The maximum atomic E-state index is 11.8. The first-order chi connectivity index (χ1) is 7.43. The molecule has 5 nitrogen and oxygen atoms in total. The third-order valence-electron chi connectivity index (χ3n) is 2.02. The second kappa shape index (κ2) is 4.85. The zero-order chi connectivity index (χ0) is 12.3. The fourth-order valence-corrected chi connectivity index (χ4v) is 1.41. The van der Waals surface area contributed by atoms with Crippen LogP contribution in [0.1, 0.15) is 10.4 Å². The number of carbonyl (C=O) groups excluding carboxylic acids is 2. The van der Waals surface area contributed by atoms with Gasteiger partial charge in [0.2, 0.25) is 5.91 Å². The Balaban J connectivity index is 2.96. The fourth-order valence-electron chi connectivity index (χ4n) is 1.23. The Morgan fingerprint density at radius 1 is 1.44 bits per heavy atom. The molecule has 0 aromatic heterocycles. The average molecular weight is 242 g/mol. The van der Waals surface area contributed by atoms with Crippen LogP contribution in [0.15, 0.2) is 18.2 Å². The third-order valence-corrected chi connectivity index (χ3v) is 2.35. The summed E-state index contributed by atoms with van der Waals surface area (Å²) in [7, 11) is 1.47. The van der Waals surface area contributed by atoms with Crippen LogP contribution in [0.4, 0.5) is 5.69 Å². The number of nitrogens with two attached hydrogens (primary N) is 2. The van der Waals surface area contributed by atoms with Gasteiger partial charge in [-0.1, -0.05) is 17.7 Å². The molecule has 6 heteroatoms. The predicted molar refractivity (Wildman–Crippen MR) is 62.0 cm³/mol. The van der Waals surface area contributed by atoms with Crippen LogP contribution in [0, 0.1) is 0 Å². The minimum absolute atomic E-state index is 0.162. The van der Waals surface area contributed by atoms with Crippen molar-refractivity contribution in [2.75, 3.05) is 19.3 Å². The van der Waals surface area contributed by atoms with E-state index in [0.29, 0.717) is 5.02 Å². The molecule has 4 N–H and O–H groups in total. The first-order valence-electron chi connectivity index (χ1n) is 4.51. The quantitative estimate of drug-likeness (QED) is 0.755. The van der Waals surface area contributed by atoms with Gasteiger partial charge in [0, 0.05) is 7.05 Å². The third kappa shape index (κ3) is 2.64. The van der Waals surface area contributed by atoms with Gasteiger partial charge in [-0.15, -0.1) is 0 Å². The van der Waals surface area contributed by atoms with Crippen LogP contribution in [0.2, 0.25) is 5.02 Å². The highest BCUT2D eigenvalue weighted by molar-refractivity contribution is 6.33. The number of hydrogen-bond donors (Lipinski definition) is 2. The van der Waals surface area contributed by atoms with E-state index in [1.54, 1.807) is 18.2 Å². The van der Waals surface area contributed by atoms with Crippen LogP contribution in [-0.4, -0.2) is 30.3 Å². The molecule has 0 aliphatic carbocycles. The number of rotatable bonds is 3. The average Bonchev–Trinajstić information content (AvgIpc) is 2.20. The van der Waals surface area contributed by atoms with Crippen molar-refractivity contribution in [3.05, 3.63) is 28.8 Å². The monoisotopic (exact) mass is 241 g/mol. The van der Waals surface area contributed by atoms with Crippen molar-refractivity contribution in [3.8, 4) is 0 Å². The topological polar surface area (TPSA) is 89.4 Å². The lowest BCUT2D eigenvalue weighted by atomic mass is 10.1. The second-order valence-corrected chi connectivity index (χ2v) is 3.74. The normalized spacial score (nSPS) is 9.88. The van der Waals surface area contributed by atoms with Gasteiger partial charge in [0.25, 0.3) is 5.91 Å². The standard InChI is InChI=1S/C10H12ClN3O2/c1-14(5-8(12)15)10(16)6-3-2-4-7(11)9(6)13/h2-4H,5,13H2,1H3,(H2,12,15). The Morgan fingerprint density at radius 2 is 2.06 bits per heavy atom. The van der Waals surface area contributed by atoms with Crippen molar-refractivity contribution >= 4 is 29.1 Å². The van der Waals surface area contributed by atoms with Crippen LogP contribution < -0.4 is 11.5 Å². The van der Waals surface area contributed by atoms with Crippen LogP contribution in [0.25, 0.3) is 0 Å². The lowest BCUT2D eigenvalue weighted by Gasteiger charge is -2.16. The zero-order valence-electron chi connectivity index (χ0n) is 8.74. The lowest BCUT2D eigenvalue weighted by Crippen LogP contribution is -2.35. The van der Waals surface area contributed by atoms with Crippen molar-refractivity contribution in [2.24, 2.45) is 5.73 Å². The molecule has 1 rings (SSSR count). The van der Waals surface area contributed by atoms with Gasteiger partial charge < -0.3 is 16.4 Å². The zero-order valence-corrected chi connectivity index (χ0v) is 9.49. The number of benzene rings is 1. The number of hydrogen-bond acceptors (Lipinski definition) is 3. The van der Waals surface area contributed by atoms with E-state index in [2.05, 4.69) is 0 Å². The van der Waals surface area contributed by atoms with Crippen molar-refractivity contribution in [2.45, 2.75) is 0 Å².